The molecule has 0 heteroatoms. The minimum atomic E-state index is -0.259. The van der Waals surface area contributed by atoms with Gasteiger partial charge in [0.15, 0.2) is 0 Å². The fourth-order valence-corrected chi connectivity index (χ4v) is 18.5. The van der Waals surface area contributed by atoms with Gasteiger partial charge in [-0.3, -0.25) is 0 Å². The average Bonchev–Trinajstić information content (AvgIpc) is 1.72. The molecule has 456 valence electrons. The highest BCUT2D eigenvalue weighted by Gasteiger charge is 2.40. The Morgan fingerprint density at radius 1 is 0.155 bits per heavy atom. The molecule has 0 saturated carbocycles. The third-order valence-electron chi connectivity index (χ3n) is 23.2. The standard InChI is InChI=1S/C97H68/c1-95(2)83-38-22-21-25-65(83)66-48-43-62(54-86(66)95)91-75-30-13-17-34-79(75)93(80-35-18-14-31-76(80)91)94-81-36-19-15-32-77(81)92(78-33-16-20-37-82(78)94)64-45-50-70-68-47-42-60(53-85(68)97(5,6)88(70)56-64)59-41-46-67-69-49-44-63(55-87(69)96(3,4)84(67)52-59)90-73-28-11-9-26-71(73)89(72-27-10-12-29-74(72)90)61-40-39-57-23-7-8-24-58(57)51-61/h7-56H,1-6H3. The monoisotopic (exact) mass is 1230 g/mol. The summed E-state index contributed by atoms with van der Waals surface area (Å²) in [4.78, 5) is 0. The highest BCUT2D eigenvalue weighted by Crippen LogP contribution is 2.58. The first-order valence-electron chi connectivity index (χ1n) is 34.5. The molecular weight excluding hydrogens is 1170 g/mol. The maximum absolute atomic E-state index is 2.53. The van der Waals surface area contributed by atoms with Crippen molar-refractivity contribution < 1.29 is 0 Å². The van der Waals surface area contributed by atoms with E-state index >= 15 is 0 Å². The minimum absolute atomic E-state index is 0.108. The van der Waals surface area contributed by atoms with Crippen molar-refractivity contribution >= 4 is 75.4 Å². The Morgan fingerprint density at radius 3 is 0.701 bits per heavy atom. The summed E-state index contributed by atoms with van der Waals surface area (Å²) in [7, 11) is 0. The molecule has 0 saturated heterocycles. The fraction of sp³-hybridized carbons (Fsp3) is 0.0928. The van der Waals surface area contributed by atoms with Crippen LogP contribution in [0.3, 0.4) is 0 Å². The van der Waals surface area contributed by atoms with Crippen LogP contribution < -0.4 is 0 Å². The summed E-state index contributed by atoms with van der Waals surface area (Å²) in [6.07, 6.45) is 0. The van der Waals surface area contributed by atoms with Gasteiger partial charge in [-0.2, -0.15) is 0 Å². The highest BCUT2D eigenvalue weighted by molar-refractivity contribution is 6.30. The number of benzene rings is 17. The SMILES string of the molecule is CC1(C)c2cc(-c3ccc4c(c3)C(C)(C)c3cc(-c5c6ccccc6c(-c6c7ccccc7c(-c7ccc8c(c7)C(C)(C)c7ccccc7-8)c7ccccc67)c6ccccc56)ccc3-4)ccc2-c2ccc(-c3c4ccccc4c(-c4ccc5ccccc5c4)c4ccccc34)cc21. The van der Waals surface area contributed by atoms with Crippen LogP contribution in [0.1, 0.15) is 74.9 Å². The molecule has 0 unspecified atom stereocenters. The Morgan fingerprint density at radius 2 is 0.371 bits per heavy atom. The van der Waals surface area contributed by atoms with E-state index in [1.54, 1.807) is 0 Å². The molecule has 0 fully saturated rings. The summed E-state index contributed by atoms with van der Waals surface area (Å²) >= 11 is 0. The summed E-state index contributed by atoms with van der Waals surface area (Å²) in [5, 5.41) is 17.7. The lowest BCUT2D eigenvalue weighted by atomic mass is 9.78. The van der Waals surface area contributed by atoms with Crippen LogP contribution in [0.25, 0.3) is 176 Å². The molecule has 3 aliphatic carbocycles. The van der Waals surface area contributed by atoms with Gasteiger partial charge in [-0.1, -0.05) is 308 Å². The molecule has 0 aliphatic heterocycles. The van der Waals surface area contributed by atoms with Gasteiger partial charge in [-0.05, 0) is 245 Å². The fourth-order valence-electron chi connectivity index (χ4n) is 18.5. The maximum atomic E-state index is 2.53. The predicted octanol–water partition coefficient (Wildman–Crippen LogP) is 26.7. The molecule has 0 aromatic heterocycles. The summed E-state index contributed by atoms with van der Waals surface area (Å²) in [5.41, 5.74) is 30.9. The lowest BCUT2D eigenvalue weighted by Gasteiger charge is -2.25. The van der Waals surface area contributed by atoms with Crippen LogP contribution >= 0.6 is 0 Å². The number of hydrogen-bond acceptors (Lipinski definition) is 0. The lowest BCUT2D eigenvalue weighted by molar-refractivity contribution is 0.660. The largest absolute Gasteiger partial charge is 0.0619 e. The topological polar surface area (TPSA) is 0 Å². The van der Waals surface area contributed by atoms with Crippen molar-refractivity contribution in [3.63, 3.8) is 0 Å². The Bertz CT molecular complexity index is 6170. The van der Waals surface area contributed by atoms with E-state index in [-0.39, 0.29) is 16.2 Å². The number of fused-ring (bicyclic) bond motifs is 16. The Balaban J connectivity index is 0.666. The summed E-state index contributed by atoms with van der Waals surface area (Å²) in [6.45, 7) is 14.5. The number of rotatable bonds is 6. The van der Waals surface area contributed by atoms with Crippen molar-refractivity contribution in [2.75, 3.05) is 0 Å². The van der Waals surface area contributed by atoms with E-state index in [1.807, 2.05) is 0 Å². The maximum Gasteiger partial charge on any atom is 0.0159 e. The second-order valence-electron chi connectivity index (χ2n) is 29.3. The quantitative estimate of drug-likeness (QED) is 0.146. The van der Waals surface area contributed by atoms with Gasteiger partial charge in [-0.15, -0.1) is 0 Å². The van der Waals surface area contributed by atoms with E-state index in [9.17, 15) is 0 Å². The molecule has 0 heterocycles. The van der Waals surface area contributed by atoms with Gasteiger partial charge in [0.1, 0.15) is 0 Å². The zero-order valence-electron chi connectivity index (χ0n) is 55.4. The molecule has 3 aliphatic rings. The van der Waals surface area contributed by atoms with E-state index in [0.29, 0.717) is 0 Å². The molecule has 0 nitrogen and oxygen atoms in total. The molecule has 0 N–H and O–H groups in total. The van der Waals surface area contributed by atoms with Crippen molar-refractivity contribution in [3.8, 4) is 100 Å². The third-order valence-corrected chi connectivity index (χ3v) is 23.2. The minimum Gasteiger partial charge on any atom is -0.0619 e. The Hall–Kier alpha value is -11.4. The molecule has 0 radical (unpaired) electrons. The molecule has 97 heavy (non-hydrogen) atoms. The highest BCUT2D eigenvalue weighted by atomic mass is 14.4. The first-order chi connectivity index (χ1) is 47.4. The first kappa shape index (κ1) is 56.0. The second kappa shape index (κ2) is 20.3. The molecule has 17 aromatic rings. The van der Waals surface area contributed by atoms with Crippen molar-refractivity contribution in [1.29, 1.82) is 0 Å². The molecule has 0 bridgehead atoms. The molecule has 0 spiro atoms. The van der Waals surface area contributed by atoms with Crippen molar-refractivity contribution in [2.24, 2.45) is 0 Å². The van der Waals surface area contributed by atoms with Crippen molar-refractivity contribution in [3.05, 3.63) is 337 Å². The number of hydrogen-bond donors (Lipinski definition) is 0. The van der Waals surface area contributed by atoms with Crippen LogP contribution in [0.15, 0.2) is 303 Å². The first-order valence-corrected chi connectivity index (χ1v) is 34.5. The van der Waals surface area contributed by atoms with Crippen LogP contribution in [0, 0.1) is 0 Å². The van der Waals surface area contributed by atoms with Gasteiger partial charge in [0.25, 0.3) is 0 Å². The second-order valence-corrected chi connectivity index (χ2v) is 29.3. The zero-order chi connectivity index (χ0) is 64.8. The Labute approximate surface area is 566 Å². The third kappa shape index (κ3) is 7.87. The van der Waals surface area contributed by atoms with Crippen LogP contribution in [0.5, 0.6) is 0 Å². The predicted molar refractivity (Wildman–Crippen MR) is 414 cm³/mol. The van der Waals surface area contributed by atoms with E-state index in [0.717, 1.165) is 0 Å². The summed E-state index contributed by atoms with van der Waals surface area (Å²) < 4.78 is 0. The van der Waals surface area contributed by atoms with Crippen LogP contribution in [-0.4, -0.2) is 0 Å². The smallest absolute Gasteiger partial charge is 0.0159 e. The van der Waals surface area contributed by atoms with Gasteiger partial charge in [-0.25, -0.2) is 0 Å². The normalized spacial score (nSPS) is 14.3. The van der Waals surface area contributed by atoms with Crippen molar-refractivity contribution in [1.82, 2.24) is 0 Å². The van der Waals surface area contributed by atoms with Gasteiger partial charge in [0.2, 0.25) is 0 Å². The van der Waals surface area contributed by atoms with Crippen LogP contribution in [-0.2, 0) is 16.2 Å². The summed E-state index contributed by atoms with van der Waals surface area (Å²) in [6, 6.07) is 116. The molecule has 17 aromatic carbocycles. The van der Waals surface area contributed by atoms with Gasteiger partial charge in [0.05, 0.1) is 0 Å². The average molecular weight is 1230 g/mol. The molecular formula is C97H68. The molecule has 0 amide bonds. The van der Waals surface area contributed by atoms with Crippen molar-refractivity contribution in [2.45, 2.75) is 57.8 Å². The molecule has 0 atom stereocenters. The van der Waals surface area contributed by atoms with Crippen LogP contribution in [0.4, 0.5) is 0 Å². The molecule has 20 rings (SSSR count). The Kier molecular flexibility index (Phi) is 11.7. The van der Waals surface area contributed by atoms with E-state index in [1.165, 1.54) is 209 Å². The summed E-state index contributed by atoms with van der Waals surface area (Å²) in [5.74, 6) is 0. The zero-order valence-corrected chi connectivity index (χ0v) is 55.4. The van der Waals surface area contributed by atoms with Gasteiger partial charge >= 0.3 is 0 Å². The van der Waals surface area contributed by atoms with Crippen LogP contribution in [0.2, 0.25) is 0 Å². The van der Waals surface area contributed by atoms with Gasteiger partial charge < -0.3 is 0 Å². The van der Waals surface area contributed by atoms with E-state index in [2.05, 4.69) is 345 Å². The van der Waals surface area contributed by atoms with Gasteiger partial charge in [0, 0.05) is 16.2 Å². The van der Waals surface area contributed by atoms with E-state index in [4.69, 9.17) is 0 Å². The lowest BCUT2D eigenvalue weighted by Crippen LogP contribution is -2.15. The van der Waals surface area contributed by atoms with E-state index < -0.39 is 0 Å².